The van der Waals surface area contributed by atoms with Gasteiger partial charge in [-0.2, -0.15) is 0 Å². The van der Waals surface area contributed by atoms with Crippen LogP contribution in [0.4, 0.5) is 0 Å². The zero-order valence-electron chi connectivity index (χ0n) is 46.9. The molecule has 2 aliphatic heterocycles. The van der Waals surface area contributed by atoms with Crippen LogP contribution in [0.2, 0.25) is 0 Å². The summed E-state index contributed by atoms with van der Waals surface area (Å²) in [4.78, 5) is 17.7. The number of unbranched alkanes of at least 4 members (excludes halogenated alkanes) is 2. The van der Waals surface area contributed by atoms with Crippen molar-refractivity contribution < 1.29 is 75.2 Å². The first-order valence-electron chi connectivity index (χ1n) is 27.8. The zero-order chi connectivity index (χ0) is 56.6. The van der Waals surface area contributed by atoms with Crippen LogP contribution >= 0.6 is 0 Å². The van der Waals surface area contributed by atoms with Gasteiger partial charge < -0.3 is 81.4 Å². The van der Waals surface area contributed by atoms with Crippen LogP contribution in [0.25, 0.3) is 0 Å². The third kappa shape index (κ3) is 24.0. The van der Waals surface area contributed by atoms with E-state index >= 15 is 0 Å². The number of fused-ring (bicyclic) bond motifs is 2. The number of guanidine groups is 1. The molecule has 18 heteroatoms. The van der Waals surface area contributed by atoms with Crippen molar-refractivity contribution in [3.8, 4) is 0 Å². The molecule has 14 N–H and O–H groups in total. The molecule has 18 nitrogen and oxygen atoms in total. The highest BCUT2D eigenvalue weighted by Gasteiger charge is 2.51. The molecule has 0 aliphatic carbocycles. The molecule has 1 fully saturated rings. The number of cyclic esters (lactones) is 1. The van der Waals surface area contributed by atoms with Crippen LogP contribution < -0.4 is 11.1 Å². The minimum absolute atomic E-state index is 0.0659. The van der Waals surface area contributed by atoms with Gasteiger partial charge in [-0.1, -0.05) is 103 Å². The Morgan fingerprint density at radius 3 is 2.01 bits per heavy atom. The number of hydrogen-bond acceptors (Lipinski definition) is 16. The second-order valence-electron chi connectivity index (χ2n) is 22.5. The van der Waals surface area contributed by atoms with Gasteiger partial charge in [-0.3, -0.25) is 9.79 Å². The number of carbonyl (C=O) groups is 1. The van der Waals surface area contributed by atoms with E-state index in [4.69, 9.17) is 19.9 Å². The van der Waals surface area contributed by atoms with Gasteiger partial charge in [0.1, 0.15) is 12.2 Å². The maximum atomic E-state index is 13.8. The van der Waals surface area contributed by atoms with E-state index in [0.717, 1.165) is 45.1 Å². The molecule has 0 aromatic rings. The Bertz CT molecular complexity index is 1740. The van der Waals surface area contributed by atoms with Crippen LogP contribution in [0, 0.1) is 47.3 Å². The summed E-state index contributed by atoms with van der Waals surface area (Å²) in [6.07, 6.45) is 4.91. The Hall–Kier alpha value is -2.82. The number of nitrogens with one attached hydrogen (secondary N) is 1. The number of aliphatic imine (C=N–C) groups is 1. The van der Waals surface area contributed by atoms with E-state index in [1.54, 1.807) is 59.9 Å². The summed E-state index contributed by atoms with van der Waals surface area (Å²) in [5.41, 5.74) is 5.69. The van der Waals surface area contributed by atoms with Crippen molar-refractivity contribution in [1.82, 2.24) is 5.32 Å². The molecule has 75 heavy (non-hydrogen) atoms. The van der Waals surface area contributed by atoms with E-state index in [1.165, 1.54) is 19.3 Å². The zero-order valence-corrected chi connectivity index (χ0v) is 46.9. The number of carbonyl (C=O) groups excluding carboxylic acids is 1. The average molecular weight is 1070 g/mol. The molecule has 0 amide bonds. The molecule has 436 valence electrons. The topological polar surface area (TPSA) is 318 Å². The molecule has 0 radical (unpaired) electrons. The third-order valence-electron chi connectivity index (χ3n) is 15.9. The molecular formula is C57H103N3O15. The molecule has 1 saturated heterocycles. The highest BCUT2D eigenvalue weighted by molar-refractivity contribution is 5.77. The van der Waals surface area contributed by atoms with Crippen molar-refractivity contribution in [2.24, 2.45) is 58.1 Å². The molecule has 0 aromatic heterocycles. The number of allylic oxidation sites excluding steroid dienone is 4. The minimum atomic E-state index is -1.86. The number of esters is 1. The van der Waals surface area contributed by atoms with Crippen molar-refractivity contribution >= 4 is 11.9 Å². The Morgan fingerprint density at radius 2 is 1.36 bits per heavy atom. The van der Waals surface area contributed by atoms with Crippen LogP contribution in [0.3, 0.4) is 0 Å². The predicted octanol–water partition coefficient (Wildman–Crippen LogP) is 3.93. The van der Waals surface area contributed by atoms with Crippen LogP contribution in [0.5, 0.6) is 0 Å². The fourth-order valence-corrected chi connectivity index (χ4v) is 10.1. The largest absolute Gasteiger partial charge is 0.461 e. The monoisotopic (exact) mass is 1070 g/mol. The molecule has 22 atom stereocenters. The van der Waals surface area contributed by atoms with Gasteiger partial charge >= 0.3 is 5.97 Å². The molecule has 2 rings (SSSR count). The average Bonchev–Trinajstić information content (AvgIpc) is 3.36. The number of aliphatic hydroxyl groups excluding tert-OH is 11. The summed E-state index contributed by atoms with van der Waals surface area (Å²) in [6, 6.07) is 0. The highest BCUT2D eigenvalue weighted by atomic mass is 16.7. The van der Waals surface area contributed by atoms with E-state index in [2.05, 4.69) is 29.4 Å². The Morgan fingerprint density at radius 1 is 0.733 bits per heavy atom. The van der Waals surface area contributed by atoms with Gasteiger partial charge in [-0.05, 0) is 88.9 Å². The van der Waals surface area contributed by atoms with Gasteiger partial charge in [0.25, 0.3) is 0 Å². The van der Waals surface area contributed by atoms with Crippen molar-refractivity contribution in [2.75, 3.05) is 20.7 Å². The molecule has 0 saturated carbocycles. The van der Waals surface area contributed by atoms with Crippen LogP contribution in [-0.2, 0) is 19.0 Å². The van der Waals surface area contributed by atoms with E-state index in [-0.39, 0.29) is 63.2 Å². The summed E-state index contributed by atoms with van der Waals surface area (Å²) in [6.45, 7) is 15.3. The molecule has 0 aromatic carbocycles. The first kappa shape index (κ1) is 68.3. The summed E-state index contributed by atoms with van der Waals surface area (Å²) < 4.78 is 18.1. The Labute approximate surface area is 448 Å². The lowest BCUT2D eigenvalue weighted by Gasteiger charge is -2.47. The number of nitrogens with two attached hydrogens (primary N) is 1. The van der Waals surface area contributed by atoms with Gasteiger partial charge in [0.15, 0.2) is 11.7 Å². The minimum Gasteiger partial charge on any atom is -0.461 e. The number of hydrogen-bond donors (Lipinski definition) is 13. The smallest absolute Gasteiger partial charge is 0.311 e. The summed E-state index contributed by atoms with van der Waals surface area (Å²) in [7, 11) is 2.92. The Kier molecular flexibility index (Phi) is 31.8. The molecule has 2 heterocycles. The lowest BCUT2D eigenvalue weighted by Crippen LogP contribution is -2.60. The van der Waals surface area contributed by atoms with Gasteiger partial charge in [0.2, 0.25) is 0 Å². The SMILES string of the molecule is CN=C(N)NCCCC=CCCCC(C)CC(C)C1OC(=O)C(C)C(O)C=CC(C)C(O)CC(O)C(C)C(O)CCC(C)C(O)CC2(OC)OC(CC(O)CC(O)CC(O)C(C)C(O)C=CC=CC1C)CC(O)C2O. The van der Waals surface area contributed by atoms with Crippen LogP contribution in [-0.4, -0.2) is 174 Å². The lowest BCUT2D eigenvalue weighted by atomic mass is 9.83. The van der Waals surface area contributed by atoms with Gasteiger partial charge in [-0.25, -0.2) is 0 Å². The molecule has 2 aliphatic rings. The van der Waals surface area contributed by atoms with E-state index in [0.29, 0.717) is 11.9 Å². The summed E-state index contributed by atoms with van der Waals surface area (Å²) in [5, 5.41) is 125. The van der Waals surface area contributed by atoms with Gasteiger partial charge in [0, 0.05) is 63.6 Å². The fraction of sp³-hybridized carbons (Fsp3) is 0.825. The third-order valence-corrected chi connectivity index (χ3v) is 15.9. The predicted molar refractivity (Wildman–Crippen MR) is 291 cm³/mol. The van der Waals surface area contributed by atoms with Crippen molar-refractivity contribution in [1.29, 1.82) is 0 Å². The molecule has 2 bridgehead atoms. The van der Waals surface area contributed by atoms with Crippen molar-refractivity contribution in [3.63, 3.8) is 0 Å². The molecular weight excluding hydrogens is 967 g/mol. The second kappa shape index (κ2) is 34.9. The quantitative estimate of drug-likeness (QED) is 0.0433. The van der Waals surface area contributed by atoms with Gasteiger partial charge in [0.05, 0.1) is 73.1 Å². The molecule has 0 spiro atoms. The number of nitrogens with zero attached hydrogens (tertiary/aromatic N) is 1. The first-order valence-corrected chi connectivity index (χ1v) is 27.8. The first-order chi connectivity index (χ1) is 35.3. The van der Waals surface area contributed by atoms with Crippen molar-refractivity contribution in [3.05, 3.63) is 48.6 Å². The highest BCUT2D eigenvalue weighted by Crippen LogP contribution is 2.38. The summed E-state index contributed by atoms with van der Waals surface area (Å²) in [5.74, 6) is -5.45. The van der Waals surface area contributed by atoms with Gasteiger partial charge in [-0.15, -0.1) is 0 Å². The van der Waals surface area contributed by atoms with Crippen LogP contribution in [0.1, 0.15) is 145 Å². The summed E-state index contributed by atoms with van der Waals surface area (Å²) >= 11 is 0. The normalized spacial score (nSPS) is 39.6. The second-order valence-corrected chi connectivity index (χ2v) is 22.5. The Balaban J connectivity index is 2.34. The number of rotatable bonds is 12. The van der Waals surface area contributed by atoms with E-state index in [9.17, 15) is 61.0 Å². The fourth-order valence-electron chi connectivity index (χ4n) is 10.1. The van der Waals surface area contributed by atoms with E-state index in [1.807, 2.05) is 19.9 Å². The van der Waals surface area contributed by atoms with Crippen LogP contribution in [0.15, 0.2) is 53.6 Å². The lowest BCUT2D eigenvalue weighted by molar-refractivity contribution is -0.343. The maximum Gasteiger partial charge on any atom is 0.311 e. The standard InChI is InChI=1S/C57H103N3O15/c1-34(19-15-13-11-12-14-18-26-60-56(58)59-9)27-38(5)53-37(4)20-16-17-21-45(63)39(6)49(67)30-43(62)28-42(61)29-44-31-51(69)54(71)57(73-10,75-44)33-52(70)36(3)23-24-46(64)40(7)50(68)32-48(66)35(2)22-25-47(65)41(8)55(72)74-53/h11-12,16-17,20-22,25,34-54,61-71H,13-15,18-19,23-24,26-33H2,1-10H3,(H3,58,59,60). The van der Waals surface area contributed by atoms with E-state index < -0.39 is 121 Å². The number of ether oxygens (including phenoxy) is 3. The van der Waals surface area contributed by atoms with Crippen molar-refractivity contribution in [2.45, 2.75) is 230 Å². The molecule has 22 unspecified atom stereocenters. The maximum absolute atomic E-state index is 13.8. The number of aliphatic hydroxyl groups is 11. The number of methoxy groups -OCH3 is 1.